The van der Waals surface area contributed by atoms with Crippen molar-refractivity contribution in [1.29, 1.82) is 0 Å². The van der Waals surface area contributed by atoms with Crippen molar-refractivity contribution in [3.05, 3.63) is 0 Å². The van der Waals surface area contributed by atoms with Crippen molar-refractivity contribution in [2.24, 2.45) is 23.2 Å². The molecule has 70 valence electrons. The average Bonchev–Trinajstić information content (AvgIpc) is 1.99. The Labute approximate surface area is 75.5 Å². The van der Waals surface area contributed by atoms with Crippen LogP contribution >= 0.6 is 0 Å². The van der Waals surface area contributed by atoms with Crippen LogP contribution in [0.25, 0.3) is 0 Å². The molecule has 1 heteroatoms. The molecule has 1 rings (SSSR count). The van der Waals surface area contributed by atoms with Gasteiger partial charge in [-0.15, -0.1) is 0 Å². The minimum Gasteiger partial charge on any atom is -0.299 e. The van der Waals surface area contributed by atoms with Crippen molar-refractivity contribution in [2.75, 3.05) is 0 Å². The zero-order chi connectivity index (χ0) is 9.52. The highest BCUT2D eigenvalue weighted by atomic mass is 16.1. The second-order valence-electron chi connectivity index (χ2n) is 4.98. The second-order valence-corrected chi connectivity index (χ2v) is 4.98. The van der Waals surface area contributed by atoms with Gasteiger partial charge in [-0.05, 0) is 17.3 Å². The maximum atomic E-state index is 11.6. The first-order valence-corrected chi connectivity index (χ1v) is 4.90. The van der Waals surface area contributed by atoms with Crippen molar-refractivity contribution < 1.29 is 4.79 Å². The van der Waals surface area contributed by atoms with Gasteiger partial charge in [-0.3, -0.25) is 4.79 Å². The number of carbonyl (C=O) groups excluding carboxylic acids is 1. The van der Waals surface area contributed by atoms with Gasteiger partial charge < -0.3 is 0 Å². The van der Waals surface area contributed by atoms with Crippen molar-refractivity contribution in [3.8, 4) is 0 Å². The Morgan fingerprint density at radius 1 is 1.25 bits per heavy atom. The normalized spacial score (nSPS) is 41.4. The van der Waals surface area contributed by atoms with Gasteiger partial charge in [0.05, 0.1) is 0 Å². The maximum Gasteiger partial charge on any atom is 0.136 e. The highest BCUT2D eigenvalue weighted by Gasteiger charge is 2.43. The lowest BCUT2D eigenvalue weighted by molar-refractivity contribution is -0.133. The molecular formula is C11H20O. The van der Waals surface area contributed by atoms with Crippen LogP contribution in [0.1, 0.15) is 41.0 Å². The third kappa shape index (κ3) is 1.30. The molecule has 12 heavy (non-hydrogen) atoms. The molecule has 0 spiro atoms. The summed E-state index contributed by atoms with van der Waals surface area (Å²) in [6.45, 7) is 11.0. The van der Waals surface area contributed by atoms with Gasteiger partial charge in [0.2, 0.25) is 0 Å². The summed E-state index contributed by atoms with van der Waals surface area (Å²) in [5, 5.41) is 0. The van der Waals surface area contributed by atoms with Crippen LogP contribution < -0.4 is 0 Å². The van der Waals surface area contributed by atoms with Crippen molar-refractivity contribution in [2.45, 2.75) is 41.0 Å². The van der Waals surface area contributed by atoms with Crippen LogP contribution in [-0.2, 0) is 4.79 Å². The summed E-state index contributed by atoms with van der Waals surface area (Å²) < 4.78 is 0. The van der Waals surface area contributed by atoms with Crippen LogP contribution in [0.15, 0.2) is 0 Å². The van der Waals surface area contributed by atoms with E-state index in [1.54, 1.807) is 0 Å². The van der Waals surface area contributed by atoms with Crippen LogP contribution in [0.4, 0.5) is 0 Å². The summed E-state index contributed by atoms with van der Waals surface area (Å²) in [6.07, 6.45) is 0.783. The van der Waals surface area contributed by atoms with E-state index < -0.39 is 0 Å². The Kier molecular flexibility index (Phi) is 2.33. The molecule has 0 amide bonds. The van der Waals surface area contributed by atoms with E-state index in [2.05, 4.69) is 34.6 Å². The molecule has 0 aromatic carbocycles. The van der Waals surface area contributed by atoms with E-state index in [0.29, 0.717) is 17.6 Å². The third-order valence-electron chi connectivity index (χ3n) is 4.15. The van der Waals surface area contributed by atoms with E-state index in [4.69, 9.17) is 0 Å². The van der Waals surface area contributed by atoms with Crippen molar-refractivity contribution >= 4 is 5.78 Å². The molecule has 0 bridgehead atoms. The Hall–Kier alpha value is -0.330. The number of hydrogen-bond acceptors (Lipinski definition) is 1. The van der Waals surface area contributed by atoms with Gasteiger partial charge >= 0.3 is 0 Å². The standard InChI is InChI=1S/C11H20O/c1-7-6-10(12)9(3)11(4,5)8(7)2/h7-9H,6H2,1-5H3/t7?,8?,9-/m1/s1. The van der Waals surface area contributed by atoms with Gasteiger partial charge in [-0.2, -0.15) is 0 Å². The van der Waals surface area contributed by atoms with Crippen LogP contribution in [0.2, 0.25) is 0 Å². The number of rotatable bonds is 0. The lowest BCUT2D eigenvalue weighted by Gasteiger charge is -2.44. The molecule has 0 N–H and O–H groups in total. The summed E-state index contributed by atoms with van der Waals surface area (Å²) >= 11 is 0. The minimum absolute atomic E-state index is 0.189. The van der Waals surface area contributed by atoms with Crippen LogP contribution in [0.3, 0.4) is 0 Å². The Morgan fingerprint density at radius 2 is 1.75 bits per heavy atom. The van der Waals surface area contributed by atoms with Gasteiger partial charge in [0.25, 0.3) is 0 Å². The summed E-state index contributed by atoms with van der Waals surface area (Å²) in [5.41, 5.74) is 0.189. The number of carbonyl (C=O) groups is 1. The Morgan fingerprint density at radius 3 is 2.25 bits per heavy atom. The molecule has 0 heterocycles. The molecule has 3 atom stereocenters. The molecule has 1 aliphatic rings. The molecule has 0 saturated heterocycles. The molecule has 1 saturated carbocycles. The van der Waals surface area contributed by atoms with Crippen LogP contribution in [0, 0.1) is 23.2 Å². The first kappa shape index (κ1) is 9.76. The van der Waals surface area contributed by atoms with Gasteiger partial charge in [0, 0.05) is 12.3 Å². The van der Waals surface area contributed by atoms with Gasteiger partial charge in [0.1, 0.15) is 5.78 Å². The summed E-state index contributed by atoms with van der Waals surface area (Å²) in [6, 6.07) is 0. The summed E-state index contributed by atoms with van der Waals surface area (Å²) in [7, 11) is 0. The fourth-order valence-corrected chi connectivity index (χ4v) is 2.21. The maximum absolute atomic E-state index is 11.6. The highest BCUT2D eigenvalue weighted by molar-refractivity contribution is 5.82. The Bertz CT molecular complexity index is 193. The number of Topliss-reactive ketones (excluding diaryl/α,β-unsaturated/α-hetero) is 1. The largest absolute Gasteiger partial charge is 0.299 e. The lowest BCUT2D eigenvalue weighted by atomic mass is 9.59. The van der Waals surface area contributed by atoms with E-state index in [1.165, 1.54) is 0 Å². The molecule has 0 aromatic rings. The number of hydrogen-bond donors (Lipinski definition) is 0. The summed E-state index contributed by atoms with van der Waals surface area (Å²) in [4.78, 5) is 11.6. The SMILES string of the molecule is CC1CC(=O)[C@@H](C)C(C)(C)C1C. The molecule has 1 fully saturated rings. The Balaban J connectivity index is 2.89. The van der Waals surface area contributed by atoms with Crippen LogP contribution in [-0.4, -0.2) is 5.78 Å². The zero-order valence-electron chi connectivity index (χ0n) is 8.85. The topological polar surface area (TPSA) is 17.1 Å². The molecule has 1 aliphatic carbocycles. The molecule has 1 nitrogen and oxygen atoms in total. The zero-order valence-corrected chi connectivity index (χ0v) is 8.85. The second kappa shape index (κ2) is 2.86. The van der Waals surface area contributed by atoms with E-state index >= 15 is 0 Å². The predicted octanol–water partition coefficient (Wildman–Crippen LogP) is 2.89. The smallest absolute Gasteiger partial charge is 0.136 e. The molecule has 0 aromatic heterocycles. The van der Waals surface area contributed by atoms with Gasteiger partial charge in [0.15, 0.2) is 0 Å². The predicted molar refractivity (Wildman–Crippen MR) is 50.9 cm³/mol. The molecule has 0 aliphatic heterocycles. The van der Waals surface area contributed by atoms with Crippen LogP contribution in [0.5, 0.6) is 0 Å². The average molecular weight is 168 g/mol. The first-order valence-electron chi connectivity index (χ1n) is 4.90. The van der Waals surface area contributed by atoms with Crippen molar-refractivity contribution in [3.63, 3.8) is 0 Å². The van der Waals surface area contributed by atoms with E-state index in [-0.39, 0.29) is 11.3 Å². The fourth-order valence-electron chi connectivity index (χ4n) is 2.21. The van der Waals surface area contributed by atoms with Gasteiger partial charge in [-0.25, -0.2) is 0 Å². The summed E-state index contributed by atoms with van der Waals surface area (Å²) in [5.74, 6) is 1.91. The minimum atomic E-state index is 0.189. The van der Waals surface area contributed by atoms with E-state index in [9.17, 15) is 4.79 Å². The molecule has 0 radical (unpaired) electrons. The highest BCUT2D eigenvalue weighted by Crippen LogP contribution is 2.45. The van der Waals surface area contributed by atoms with Gasteiger partial charge in [-0.1, -0.05) is 34.6 Å². The van der Waals surface area contributed by atoms with E-state index in [1.807, 2.05) is 0 Å². The lowest BCUT2D eigenvalue weighted by Crippen LogP contribution is -2.43. The molecular weight excluding hydrogens is 148 g/mol. The fraction of sp³-hybridized carbons (Fsp3) is 0.909. The number of ketones is 1. The quantitative estimate of drug-likeness (QED) is 0.543. The monoisotopic (exact) mass is 168 g/mol. The van der Waals surface area contributed by atoms with Crippen molar-refractivity contribution in [1.82, 2.24) is 0 Å². The molecule has 2 unspecified atom stereocenters. The first-order chi connectivity index (χ1) is 5.37. The third-order valence-corrected chi connectivity index (χ3v) is 4.15. The van der Waals surface area contributed by atoms with E-state index in [0.717, 1.165) is 6.42 Å².